The summed E-state index contributed by atoms with van der Waals surface area (Å²) in [6.45, 7) is 7.24. The van der Waals surface area contributed by atoms with Gasteiger partial charge in [0, 0.05) is 30.6 Å². The average molecular weight is 489 g/mol. The van der Waals surface area contributed by atoms with Crippen molar-refractivity contribution in [3.63, 3.8) is 0 Å². The van der Waals surface area contributed by atoms with E-state index in [1.807, 2.05) is 11.9 Å². The van der Waals surface area contributed by atoms with E-state index < -0.39 is 0 Å². The van der Waals surface area contributed by atoms with Gasteiger partial charge in [0.2, 0.25) is 5.95 Å². The van der Waals surface area contributed by atoms with Crippen LogP contribution in [0.25, 0.3) is 0 Å². The third-order valence-corrected chi connectivity index (χ3v) is 7.49. The Hall–Kier alpha value is -2.42. The molecule has 2 atom stereocenters. The van der Waals surface area contributed by atoms with Gasteiger partial charge in [-0.3, -0.25) is 0 Å². The number of hydrogen-bond donors (Lipinski definition) is 3. The molecular weight excluding hydrogens is 452 g/mol. The number of nitriles is 1. The minimum atomic E-state index is -0.290. The van der Waals surface area contributed by atoms with Crippen LogP contribution in [0.4, 0.5) is 11.8 Å². The zero-order chi connectivity index (χ0) is 22.6. The van der Waals surface area contributed by atoms with Crippen molar-refractivity contribution in [1.82, 2.24) is 14.3 Å². The van der Waals surface area contributed by atoms with E-state index in [4.69, 9.17) is 0 Å². The van der Waals surface area contributed by atoms with Crippen LogP contribution in [0.1, 0.15) is 50.7 Å². The van der Waals surface area contributed by atoms with Crippen LogP contribution >= 0.6 is 11.9 Å². The molecule has 2 fully saturated rings. The summed E-state index contributed by atoms with van der Waals surface area (Å²) in [6.07, 6.45) is 5.89. The highest BCUT2D eigenvalue weighted by molar-refractivity contribution is 7.97. The van der Waals surface area contributed by atoms with Gasteiger partial charge in [-0.2, -0.15) is 10.2 Å². The van der Waals surface area contributed by atoms with E-state index in [9.17, 15) is 10.4 Å². The van der Waals surface area contributed by atoms with Gasteiger partial charge in [0.05, 0.1) is 12.3 Å². The number of aliphatic hydroxyl groups is 1. The maximum Gasteiger partial charge on any atom is 0.224 e. The van der Waals surface area contributed by atoms with Gasteiger partial charge in [0.15, 0.2) is 0 Å². The minimum absolute atomic E-state index is 0. The number of hydrogen-bond acceptors (Lipinski definition) is 8. The van der Waals surface area contributed by atoms with E-state index in [1.165, 1.54) is 30.0 Å². The first-order valence-electron chi connectivity index (χ1n) is 11.4. The Labute approximate surface area is 205 Å². The molecule has 186 valence electrons. The molecule has 1 saturated heterocycles. The first-order valence-corrected chi connectivity index (χ1v) is 12.2. The summed E-state index contributed by atoms with van der Waals surface area (Å²) in [4.78, 5) is 10.2. The third-order valence-electron chi connectivity index (χ3n) is 6.38. The van der Waals surface area contributed by atoms with Crippen LogP contribution in [-0.2, 0) is 6.42 Å². The summed E-state index contributed by atoms with van der Waals surface area (Å²) in [5, 5.41) is 26.4. The predicted octanol–water partition coefficient (Wildman–Crippen LogP) is 2.42. The van der Waals surface area contributed by atoms with Crippen molar-refractivity contribution >= 4 is 23.7 Å². The minimum Gasteiger partial charge on any atom is -0.412 e. The fraction of sp³-hybridized carbons (Fsp3) is 0.542. The highest BCUT2D eigenvalue weighted by Crippen LogP contribution is 2.37. The van der Waals surface area contributed by atoms with Gasteiger partial charge in [-0.05, 0) is 67.2 Å². The molecule has 0 radical (unpaired) electrons. The molecule has 0 bridgehead atoms. The smallest absolute Gasteiger partial charge is 0.224 e. The summed E-state index contributed by atoms with van der Waals surface area (Å²) >= 11 is 1.83. The monoisotopic (exact) mass is 488 g/mol. The second-order valence-electron chi connectivity index (χ2n) is 9.39. The quantitative estimate of drug-likeness (QED) is 0.477. The zero-order valence-corrected chi connectivity index (χ0v) is 20.7. The number of anilines is 2. The lowest BCUT2D eigenvalue weighted by atomic mass is 9.73. The van der Waals surface area contributed by atoms with Crippen LogP contribution in [0.15, 0.2) is 35.4 Å². The van der Waals surface area contributed by atoms with Crippen LogP contribution in [-0.4, -0.2) is 62.1 Å². The SMILES string of the molecule is CC1(C)C[C@H](Nc2nc(NCCc3ccc(SN4CCC4)cc3)ncc2C#N)CC[C@@H]1O.O.O. The third kappa shape index (κ3) is 7.04. The summed E-state index contributed by atoms with van der Waals surface area (Å²) < 4.78 is 2.38. The second kappa shape index (κ2) is 12.3. The van der Waals surface area contributed by atoms with Crippen LogP contribution in [0.5, 0.6) is 0 Å². The molecule has 9 nitrogen and oxygen atoms in total. The van der Waals surface area contributed by atoms with Gasteiger partial charge in [-0.1, -0.05) is 26.0 Å². The molecule has 10 heteroatoms. The molecule has 0 amide bonds. The number of aliphatic hydroxyl groups excluding tert-OH is 1. The summed E-state index contributed by atoms with van der Waals surface area (Å²) in [7, 11) is 0. The molecule has 4 rings (SSSR count). The van der Waals surface area contributed by atoms with Gasteiger partial charge >= 0.3 is 0 Å². The Morgan fingerprint density at radius 3 is 2.56 bits per heavy atom. The number of nitrogens with one attached hydrogen (secondary N) is 2. The van der Waals surface area contributed by atoms with E-state index in [1.54, 1.807) is 6.20 Å². The summed E-state index contributed by atoms with van der Waals surface area (Å²) in [5.41, 5.74) is 1.55. The van der Waals surface area contributed by atoms with E-state index in [0.717, 1.165) is 25.7 Å². The first kappa shape index (κ1) is 27.8. The molecule has 0 spiro atoms. The zero-order valence-electron chi connectivity index (χ0n) is 19.8. The first-order chi connectivity index (χ1) is 15.4. The Balaban J connectivity index is 0.00000204. The molecule has 1 aliphatic carbocycles. The fourth-order valence-corrected chi connectivity index (χ4v) is 5.16. The second-order valence-corrected chi connectivity index (χ2v) is 10.6. The van der Waals surface area contributed by atoms with E-state index >= 15 is 0 Å². The standard InChI is InChI=1S/C24H32N6OS.2H2O/c1-24(2)14-19(6-9-21(24)31)28-22-18(15-25)16-27-23(29-22)26-11-10-17-4-7-20(8-5-17)32-30-12-3-13-30;;/h4-5,7-8,16,19,21,31H,3,6,9-14H2,1-2H3,(H2,26,27,28,29);2*1H2/t19-,21+;;/m1../s1. The molecule has 0 unspecified atom stereocenters. The van der Waals surface area contributed by atoms with Crippen molar-refractivity contribution in [1.29, 1.82) is 5.26 Å². The molecule has 2 aliphatic rings. The molecular formula is C24H36N6O3S. The summed E-state index contributed by atoms with van der Waals surface area (Å²) in [5.74, 6) is 1.08. The maximum atomic E-state index is 10.2. The van der Waals surface area contributed by atoms with Crippen molar-refractivity contribution < 1.29 is 16.1 Å². The van der Waals surface area contributed by atoms with Gasteiger partial charge in [-0.25, -0.2) is 9.29 Å². The van der Waals surface area contributed by atoms with Crippen molar-refractivity contribution in [2.24, 2.45) is 5.41 Å². The Morgan fingerprint density at radius 2 is 1.94 bits per heavy atom. The van der Waals surface area contributed by atoms with Crippen LogP contribution < -0.4 is 10.6 Å². The van der Waals surface area contributed by atoms with E-state index in [-0.39, 0.29) is 28.5 Å². The number of rotatable bonds is 8. The van der Waals surface area contributed by atoms with Gasteiger partial charge in [-0.15, -0.1) is 0 Å². The van der Waals surface area contributed by atoms with Crippen molar-refractivity contribution in [3.8, 4) is 6.07 Å². The Kier molecular flexibility index (Phi) is 10.1. The molecule has 34 heavy (non-hydrogen) atoms. The van der Waals surface area contributed by atoms with Crippen molar-refractivity contribution in [3.05, 3.63) is 41.6 Å². The number of aromatic nitrogens is 2. The molecule has 1 aromatic carbocycles. The molecule has 1 aromatic heterocycles. The molecule has 2 aromatic rings. The van der Waals surface area contributed by atoms with E-state index in [2.05, 4.69) is 69.1 Å². The summed E-state index contributed by atoms with van der Waals surface area (Å²) in [6, 6.07) is 11.1. The molecule has 1 saturated carbocycles. The van der Waals surface area contributed by atoms with Crippen LogP contribution in [0.3, 0.4) is 0 Å². The molecule has 2 heterocycles. The normalized spacial score (nSPS) is 21.2. The lowest BCUT2D eigenvalue weighted by Crippen LogP contribution is -2.41. The molecule has 1 aliphatic heterocycles. The van der Waals surface area contributed by atoms with Crippen LogP contribution in [0, 0.1) is 16.7 Å². The highest BCUT2D eigenvalue weighted by Gasteiger charge is 2.35. The lowest BCUT2D eigenvalue weighted by molar-refractivity contribution is 0.00926. The van der Waals surface area contributed by atoms with E-state index in [0.29, 0.717) is 23.9 Å². The predicted molar refractivity (Wildman–Crippen MR) is 136 cm³/mol. The average Bonchev–Trinajstić information content (AvgIpc) is 2.74. The fourth-order valence-electron chi connectivity index (χ4n) is 4.16. The largest absolute Gasteiger partial charge is 0.412 e. The van der Waals surface area contributed by atoms with Crippen LogP contribution in [0.2, 0.25) is 0 Å². The van der Waals surface area contributed by atoms with Gasteiger partial charge < -0.3 is 26.7 Å². The van der Waals surface area contributed by atoms with Gasteiger partial charge in [0.1, 0.15) is 17.5 Å². The number of benzene rings is 1. The lowest BCUT2D eigenvalue weighted by Gasteiger charge is -2.40. The van der Waals surface area contributed by atoms with Crippen molar-refractivity contribution in [2.45, 2.75) is 63.0 Å². The Bertz CT molecular complexity index is 962. The Morgan fingerprint density at radius 1 is 1.21 bits per heavy atom. The topological polar surface area (TPSA) is 160 Å². The van der Waals surface area contributed by atoms with Gasteiger partial charge in [0.25, 0.3) is 0 Å². The van der Waals surface area contributed by atoms with Crippen molar-refractivity contribution in [2.75, 3.05) is 30.3 Å². The number of nitrogens with zero attached hydrogens (tertiary/aromatic N) is 4. The highest BCUT2D eigenvalue weighted by atomic mass is 32.2. The molecule has 7 N–H and O–H groups in total. The maximum absolute atomic E-state index is 10.2.